The van der Waals surface area contributed by atoms with Crippen molar-refractivity contribution in [3.05, 3.63) is 35.4 Å². The van der Waals surface area contributed by atoms with Crippen molar-refractivity contribution >= 4 is 0 Å². The Balaban J connectivity index is 2.39. The topological polar surface area (TPSA) is 32.3 Å². The van der Waals surface area contributed by atoms with Gasteiger partial charge in [0, 0.05) is 6.54 Å². The maximum absolute atomic E-state index is 12.5. The van der Waals surface area contributed by atoms with Crippen molar-refractivity contribution in [3.8, 4) is 0 Å². The van der Waals surface area contributed by atoms with Gasteiger partial charge in [-0.3, -0.25) is 0 Å². The minimum Gasteiger partial charge on any atom is -0.393 e. The number of hydrogen-bond acceptors (Lipinski definition) is 2. The lowest BCUT2D eigenvalue weighted by Crippen LogP contribution is -2.16. The molecule has 0 fully saturated rings. The molecule has 0 saturated carbocycles. The van der Waals surface area contributed by atoms with E-state index in [2.05, 4.69) is 5.32 Å². The van der Waals surface area contributed by atoms with E-state index in [0.29, 0.717) is 25.1 Å². The summed E-state index contributed by atoms with van der Waals surface area (Å²) in [6.45, 7) is 2.80. The fourth-order valence-corrected chi connectivity index (χ4v) is 1.61. The minimum absolute atomic E-state index is 0.333. The molecule has 0 heterocycles. The van der Waals surface area contributed by atoms with Gasteiger partial charge in [0.15, 0.2) is 0 Å². The number of aliphatic hydroxyl groups is 1. The second kappa shape index (κ2) is 6.75. The lowest BCUT2D eigenvalue weighted by molar-refractivity contribution is -0.137. The van der Waals surface area contributed by atoms with E-state index in [9.17, 15) is 13.2 Å². The van der Waals surface area contributed by atoms with Crippen molar-refractivity contribution in [1.29, 1.82) is 0 Å². The van der Waals surface area contributed by atoms with Crippen LogP contribution in [-0.4, -0.2) is 17.8 Å². The first-order valence-corrected chi connectivity index (χ1v) is 5.94. The summed E-state index contributed by atoms with van der Waals surface area (Å²) < 4.78 is 37.4. The molecule has 0 bridgehead atoms. The summed E-state index contributed by atoms with van der Waals surface area (Å²) >= 11 is 0. The number of benzene rings is 1. The van der Waals surface area contributed by atoms with Crippen LogP contribution < -0.4 is 5.32 Å². The third-order valence-electron chi connectivity index (χ3n) is 2.56. The Bertz CT molecular complexity index is 363. The Morgan fingerprint density at radius 1 is 1.33 bits per heavy atom. The molecule has 0 aliphatic carbocycles. The number of aliphatic hydroxyl groups excluding tert-OH is 1. The van der Waals surface area contributed by atoms with Crippen molar-refractivity contribution in [3.63, 3.8) is 0 Å². The standard InChI is InChI=1S/C13H18F3NO/c1-10(18)4-3-7-17-9-11-5-2-6-12(8-11)13(14,15)16/h2,5-6,8,10,17-18H,3-4,7,9H2,1H3. The Morgan fingerprint density at radius 3 is 2.67 bits per heavy atom. The summed E-state index contributed by atoms with van der Waals surface area (Å²) in [6.07, 6.45) is -3.13. The molecule has 18 heavy (non-hydrogen) atoms. The van der Waals surface area contributed by atoms with Gasteiger partial charge in [-0.05, 0) is 37.9 Å². The van der Waals surface area contributed by atoms with Crippen LogP contribution in [0.4, 0.5) is 13.2 Å². The minimum atomic E-state index is -4.29. The first-order chi connectivity index (χ1) is 8.39. The molecule has 2 nitrogen and oxygen atoms in total. The highest BCUT2D eigenvalue weighted by atomic mass is 19.4. The van der Waals surface area contributed by atoms with Crippen molar-refractivity contribution in [2.24, 2.45) is 0 Å². The Morgan fingerprint density at radius 2 is 2.06 bits per heavy atom. The van der Waals surface area contributed by atoms with Gasteiger partial charge in [-0.25, -0.2) is 0 Å². The van der Waals surface area contributed by atoms with Crippen molar-refractivity contribution in [2.45, 2.75) is 38.6 Å². The molecular formula is C13H18F3NO. The van der Waals surface area contributed by atoms with Gasteiger partial charge in [0.25, 0.3) is 0 Å². The molecule has 1 aromatic carbocycles. The molecule has 0 spiro atoms. The van der Waals surface area contributed by atoms with E-state index in [4.69, 9.17) is 5.11 Å². The maximum atomic E-state index is 12.5. The van der Waals surface area contributed by atoms with Gasteiger partial charge in [0.1, 0.15) is 0 Å². The molecular weight excluding hydrogens is 243 g/mol. The van der Waals surface area contributed by atoms with Gasteiger partial charge < -0.3 is 10.4 Å². The van der Waals surface area contributed by atoms with Crippen molar-refractivity contribution in [1.82, 2.24) is 5.32 Å². The third-order valence-corrected chi connectivity index (χ3v) is 2.56. The third kappa shape index (κ3) is 5.51. The summed E-state index contributed by atoms with van der Waals surface area (Å²) in [5.74, 6) is 0. The average Bonchev–Trinajstić information content (AvgIpc) is 2.27. The van der Waals surface area contributed by atoms with E-state index >= 15 is 0 Å². The number of rotatable bonds is 6. The van der Waals surface area contributed by atoms with E-state index in [-0.39, 0.29) is 6.10 Å². The van der Waals surface area contributed by atoms with Crippen LogP contribution in [0, 0.1) is 0 Å². The van der Waals surface area contributed by atoms with Crippen LogP contribution in [0.25, 0.3) is 0 Å². The lowest BCUT2D eigenvalue weighted by Gasteiger charge is -2.10. The zero-order valence-corrected chi connectivity index (χ0v) is 10.3. The molecule has 0 radical (unpaired) electrons. The van der Waals surface area contributed by atoms with E-state index in [1.54, 1.807) is 13.0 Å². The first-order valence-electron chi connectivity index (χ1n) is 5.94. The second-order valence-electron chi connectivity index (χ2n) is 4.37. The molecule has 0 saturated heterocycles. The molecule has 0 aliphatic rings. The molecule has 1 aromatic rings. The number of halogens is 3. The molecule has 1 rings (SSSR count). The quantitative estimate of drug-likeness (QED) is 0.772. The molecule has 0 amide bonds. The molecule has 0 aromatic heterocycles. The molecule has 102 valence electrons. The van der Waals surface area contributed by atoms with E-state index in [1.165, 1.54) is 6.07 Å². The zero-order valence-electron chi connectivity index (χ0n) is 10.3. The van der Waals surface area contributed by atoms with E-state index in [1.807, 2.05) is 0 Å². The predicted octanol–water partition coefficient (Wildman–Crippen LogP) is 2.96. The van der Waals surface area contributed by atoms with Crippen LogP contribution in [0.5, 0.6) is 0 Å². The smallest absolute Gasteiger partial charge is 0.393 e. The number of alkyl halides is 3. The Kier molecular flexibility index (Phi) is 5.62. The van der Waals surface area contributed by atoms with Crippen molar-refractivity contribution < 1.29 is 18.3 Å². The van der Waals surface area contributed by atoms with Crippen LogP contribution in [0.3, 0.4) is 0 Å². The van der Waals surface area contributed by atoms with E-state index < -0.39 is 11.7 Å². The SMILES string of the molecule is CC(O)CCCNCc1cccc(C(F)(F)F)c1. The van der Waals surface area contributed by atoms with Crippen molar-refractivity contribution in [2.75, 3.05) is 6.54 Å². The van der Waals surface area contributed by atoms with E-state index in [0.717, 1.165) is 18.6 Å². The number of nitrogens with one attached hydrogen (secondary N) is 1. The fraction of sp³-hybridized carbons (Fsp3) is 0.538. The van der Waals surface area contributed by atoms with Gasteiger partial charge in [0.05, 0.1) is 11.7 Å². The van der Waals surface area contributed by atoms with Crippen LogP contribution in [0.2, 0.25) is 0 Å². The number of hydrogen-bond donors (Lipinski definition) is 2. The summed E-state index contributed by atoms with van der Waals surface area (Å²) in [6, 6.07) is 5.30. The molecule has 2 N–H and O–H groups in total. The summed E-state index contributed by atoms with van der Waals surface area (Å²) in [4.78, 5) is 0. The van der Waals surface area contributed by atoms with Crippen LogP contribution >= 0.6 is 0 Å². The monoisotopic (exact) mass is 261 g/mol. The van der Waals surface area contributed by atoms with Gasteiger partial charge in [-0.15, -0.1) is 0 Å². The lowest BCUT2D eigenvalue weighted by atomic mass is 10.1. The van der Waals surface area contributed by atoms with Crippen LogP contribution in [-0.2, 0) is 12.7 Å². The Labute approximate surface area is 105 Å². The largest absolute Gasteiger partial charge is 0.416 e. The highest BCUT2D eigenvalue weighted by Gasteiger charge is 2.30. The van der Waals surface area contributed by atoms with Crippen LogP contribution in [0.1, 0.15) is 30.9 Å². The predicted molar refractivity (Wildman–Crippen MR) is 64.1 cm³/mol. The van der Waals surface area contributed by atoms with Gasteiger partial charge in [0.2, 0.25) is 0 Å². The Hall–Kier alpha value is -1.07. The normalized spacial score (nSPS) is 13.6. The highest BCUT2D eigenvalue weighted by molar-refractivity contribution is 5.25. The molecule has 5 heteroatoms. The first kappa shape index (κ1) is 15.0. The summed E-state index contributed by atoms with van der Waals surface area (Å²) in [7, 11) is 0. The van der Waals surface area contributed by atoms with Gasteiger partial charge in [-0.2, -0.15) is 13.2 Å². The second-order valence-corrected chi connectivity index (χ2v) is 4.37. The summed E-state index contributed by atoms with van der Waals surface area (Å²) in [5, 5.41) is 12.1. The summed E-state index contributed by atoms with van der Waals surface area (Å²) in [5.41, 5.74) is -0.00680. The maximum Gasteiger partial charge on any atom is 0.416 e. The molecule has 1 unspecified atom stereocenters. The zero-order chi connectivity index (χ0) is 13.6. The average molecular weight is 261 g/mol. The van der Waals surface area contributed by atoms with Gasteiger partial charge in [-0.1, -0.05) is 18.2 Å². The molecule has 0 aliphatic heterocycles. The van der Waals surface area contributed by atoms with Gasteiger partial charge >= 0.3 is 6.18 Å². The van der Waals surface area contributed by atoms with Crippen LogP contribution in [0.15, 0.2) is 24.3 Å². The molecule has 1 atom stereocenters. The fourth-order valence-electron chi connectivity index (χ4n) is 1.61. The highest BCUT2D eigenvalue weighted by Crippen LogP contribution is 2.29.